The van der Waals surface area contributed by atoms with E-state index >= 15 is 0 Å². The Labute approximate surface area is 136 Å². The van der Waals surface area contributed by atoms with Gasteiger partial charge >= 0.3 is 0 Å². The molecule has 0 radical (unpaired) electrons. The number of anilines is 1. The summed E-state index contributed by atoms with van der Waals surface area (Å²) in [5.41, 5.74) is 3.11. The predicted octanol–water partition coefficient (Wildman–Crippen LogP) is 2.00. The average Bonchev–Trinajstić information content (AvgIpc) is 3.12. The minimum atomic E-state index is 0.202. The zero-order chi connectivity index (χ0) is 16.2. The molecule has 6 nitrogen and oxygen atoms in total. The maximum Gasteiger partial charge on any atom is 0.224 e. The first-order valence-electron chi connectivity index (χ1n) is 8.07. The Kier molecular flexibility index (Phi) is 4.60. The van der Waals surface area contributed by atoms with E-state index in [1.54, 1.807) is 6.20 Å². The highest BCUT2D eigenvalue weighted by molar-refractivity contribution is 5.76. The van der Waals surface area contributed by atoms with Gasteiger partial charge in [-0.2, -0.15) is 5.10 Å². The van der Waals surface area contributed by atoms with Gasteiger partial charge in [0.25, 0.3) is 0 Å². The molecular formula is C17H23N5O. The zero-order valence-electron chi connectivity index (χ0n) is 13.7. The minimum Gasteiger partial charge on any atom is -0.379 e. The van der Waals surface area contributed by atoms with E-state index in [-0.39, 0.29) is 5.91 Å². The van der Waals surface area contributed by atoms with Crippen LogP contribution in [0.1, 0.15) is 24.2 Å². The number of pyridine rings is 1. The van der Waals surface area contributed by atoms with E-state index < -0.39 is 0 Å². The predicted molar refractivity (Wildman–Crippen MR) is 89.2 cm³/mol. The molecule has 2 aromatic heterocycles. The summed E-state index contributed by atoms with van der Waals surface area (Å²) in [6, 6.07) is 6.25. The van der Waals surface area contributed by atoms with Crippen molar-refractivity contribution in [2.75, 3.05) is 18.4 Å². The standard InChI is InChI=1S/C17H23N5O/c1-13-10-14(2)22(20-13)9-6-17(23)21-8-5-16(12-21)19-15-4-3-7-18-11-15/h3-4,7,10-11,16,19H,5-6,8-9,12H2,1-2H3/t16-/m0/s1. The Morgan fingerprint density at radius 2 is 2.30 bits per heavy atom. The lowest BCUT2D eigenvalue weighted by Crippen LogP contribution is -2.32. The van der Waals surface area contributed by atoms with Gasteiger partial charge in [-0.05, 0) is 38.5 Å². The molecule has 1 amide bonds. The van der Waals surface area contributed by atoms with Crippen LogP contribution in [0.5, 0.6) is 0 Å². The Bertz CT molecular complexity index is 667. The lowest BCUT2D eigenvalue weighted by atomic mass is 10.2. The smallest absolute Gasteiger partial charge is 0.224 e. The molecule has 0 saturated carbocycles. The van der Waals surface area contributed by atoms with Gasteiger partial charge < -0.3 is 10.2 Å². The van der Waals surface area contributed by atoms with Crippen molar-refractivity contribution in [2.45, 2.75) is 39.3 Å². The van der Waals surface area contributed by atoms with Crippen LogP contribution in [-0.2, 0) is 11.3 Å². The fourth-order valence-corrected chi connectivity index (χ4v) is 3.05. The van der Waals surface area contributed by atoms with Crippen LogP contribution < -0.4 is 5.32 Å². The third-order valence-electron chi connectivity index (χ3n) is 4.21. The molecule has 0 aromatic carbocycles. The van der Waals surface area contributed by atoms with Gasteiger partial charge in [0.2, 0.25) is 5.91 Å². The second kappa shape index (κ2) is 6.81. The highest BCUT2D eigenvalue weighted by atomic mass is 16.2. The largest absolute Gasteiger partial charge is 0.379 e. The Morgan fingerprint density at radius 1 is 1.43 bits per heavy atom. The number of hydrogen-bond donors (Lipinski definition) is 1. The number of likely N-dealkylation sites (tertiary alicyclic amines) is 1. The van der Waals surface area contributed by atoms with Crippen molar-refractivity contribution in [3.8, 4) is 0 Å². The van der Waals surface area contributed by atoms with E-state index in [9.17, 15) is 4.79 Å². The van der Waals surface area contributed by atoms with Crippen LogP contribution in [0.25, 0.3) is 0 Å². The van der Waals surface area contributed by atoms with Crippen LogP contribution in [0.15, 0.2) is 30.6 Å². The fraction of sp³-hybridized carbons (Fsp3) is 0.471. The van der Waals surface area contributed by atoms with Gasteiger partial charge in [0.1, 0.15) is 0 Å². The van der Waals surface area contributed by atoms with Crippen molar-refractivity contribution in [3.63, 3.8) is 0 Å². The normalized spacial score (nSPS) is 17.5. The van der Waals surface area contributed by atoms with Crippen LogP contribution in [0.3, 0.4) is 0 Å². The number of nitrogens with one attached hydrogen (secondary N) is 1. The average molecular weight is 313 g/mol. The van der Waals surface area contributed by atoms with E-state index in [0.29, 0.717) is 19.0 Å². The maximum absolute atomic E-state index is 12.4. The van der Waals surface area contributed by atoms with E-state index in [0.717, 1.165) is 36.6 Å². The van der Waals surface area contributed by atoms with Crippen LogP contribution in [0, 0.1) is 13.8 Å². The summed E-state index contributed by atoms with van der Waals surface area (Å²) in [5.74, 6) is 0.202. The highest BCUT2D eigenvalue weighted by Crippen LogP contribution is 2.16. The SMILES string of the molecule is Cc1cc(C)n(CCC(=O)N2CC[C@H](Nc3cccnc3)C2)n1. The van der Waals surface area contributed by atoms with Gasteiger partial charge in [-0.1, -0.05) is 0 Å². The van der Waals surface area contributed by atoms with Gasteiger partial charge in [0.15, 0.2) is 0 Å². The summed E-state index contributed by atoms with van der Waals surface area (Å²) in [6.45, 7) is 6.21. The molecule has 3 heterocycles. The maximum atomic E-state index is 12.4. The van der Waals surface area contributed by atoms with Crippen LogP contribution in [0.2, 0.25) is 0 Å². The molecule has 122 valence electrons. The second-order valence-corrected chi connectivity index (χ2v) is 6.11. The van der Waals surface area contributed by atoms with Crippen molar-refractivity contribution in [2.24, 2.45) is 0 Å². The number of aromatic nitrogens is 3. The van der Waals surface area contributed by atoms with Crippen molar-refractivity contribution in [1.29, 1.82) is 0 Å². The number of rotatable bonds is 5. The van der Waals surface area contributed by atoms with Gasteiger partial charge in [-0.25, -0.2) is 0 Å². The first kappa shape index (κ1) is 15.5. The molecule has 0 unspecified atom stereocenters. The second-order valence-electron chi connectivity index (χ2n) is 6.11. The molecule has 2 aromatic rings. The monoisotopic (exact) mass is 313 g/mol. The lowest BCUT2D eigenvalue weighted by molar-refractivity contribution is -0.130. The van der Waals surface area contributed by atoms with Gasteiger partial charge in [-0.15, -0.1) is 0 Å². The van der Waals surface area contributed by atoms with Gasteiger partial charge in [0, 0.05) is 50.2 Å². The molecule has 1 aliphatic rings. The molecule has 23 heavy (non-hydrogen) atoms. The molecule has 6 heteroatoms. The first-order valence-corrected chi connectivity index (χ1v) is 8.07. The number of carbonyl (C=O) groups is 1. The number of nitrogens with zero attached hydrogens (tertiary/aromatic N) is 4. The molecule has 1 atom stereocenters. The molecule has 0 aliphatic carbocycles. The number of amides is 1. The fourth-order valence-electron chi connectivity index (χ4n) is 3.05. The molecule has 1 N–H and O–H groups in total. The van der Waals surface area contributed by atoms with E-state index in [2.05, 4.69) is 15.4 Å². The van der Waals surface area contributed by atoms with Crippen molar-refractivity contribution >= 4 is 11.6 Å². The highest BCUT2D eigenvalue weighted by Gasteiger charge is 2.25. The Hall–Kier alpha value is -2.37. The summed E-state index contributed by atoms with van der Waals surface area (Å²) >= 11 is 0. The van der Waals surface area contributed by atoms with Crippen molar-refractivity contribution in [1.82, 2.24) is 19.7 Å². The zero-order valence-corrected chi connectivity index (χ0v) is 13.7. The molecule has 0 bridgehead atoms. The van der Waals surface area contributed by atoms with Crippen molar-refractivity contribution < 1.29 is 4.79 Å². The van der Waals surface area contributed by atoms with E-state index in [1.807, 2.05) is 47.8 Å². The van der Waals surface area contributed by atoms with Crippen LogP contribution in [-0.4, -0.2) is 44.7 Å². The summed E-state index contributed by atoms with van der Waals surface area (Å²) < 4.78 is 1.91. The van der Waals surface area contributed by atoms with E-state index in [4.69, 9.17) is 0 Å². The summed E-state index contributed by atoms with van der Waals surface area (Å²) in [7, 11) is 0. The third kappa shape index (κ3) is 3.88. The molecule has 1 fully saturated rings. The summed E-state index contributed by atoms with van der Waals surface area (Å²) in [5, 5.41) is 7.84. The number of carbonyl (C=O) groups excluding carboxylic acids is 1. The van der Waals surface area contributed by atoms with Crippen LogP contribution >= 0.6 is 0 Å². The van der Waals surface area contributed by atoms with Crippen molar-refractivity contribution in [3.05, 3.63) is 42.0 Å². The number of aryl methyl sites for hydroxylation is 3. The quantitative estimate of drug-likeness (QED) is 0.917. The molecular weight excluding hydrogens is 290 g/mol. The summed E-state index contributed by atoms with van der Waals surface area (Å²) in [6.07, 6.45) is 5.05. The molecule has 0 spiro atoms. The molecule has 3 rings (SSSR count). The van der Waals surface area contributed by atoms with Gasteiger partial charge in [-0.3, -0.25) is 14.5 Å². The topological polar surface area (TPSA) is 63.1 Å². The lowest BCUT2D eigenvalue weighted by Gasteiger charge is -2.18. The van der Waals surface area contributed by atoms with Gasteiger partial charge in [0.05, 0.1) is 11.4 Å². The Balaban J connectivity index is 1.48. The van der Waals surface area contributed by atoms with E-state index in [1.165, 1.54) is 0 Å². The third-order valence-corrected chi connectivity index (χ3v) is 4.21. The summed E-state index contributed by atoms with van der Waals surface area (Å²) in [4.78, 5) is 18.4. The minimum absolute atomic E-state index is 0.202. The first-order chi connectivity index (χ1) is 11.1. The molecule has 1 aliphatic heterocycles. The molecule has 1 saturated heterocycles. The van der Waals surface area contributed by atoms with Crippen LogP contribution in [0.4, 0.5) is 5.69 Å². The Morgan fingerprint density at radius 3 is 3.00 bits per heavy atom. The number of hydrogen-bond acceptors (Lipinski definition) is 4.